The van der Waals surface area contributed by atoms with E-state index in [4.69, 9.17) is 9.47 Å². The number of ether oxygens (including phenoxy) is 2. The predicted molar refractivity (Wildman–Crippen MR) is 90.4 cm³/mol. The Labute approximate surface area is 141 Å². The van der Waals surface area contributed by atoms with Crippen LogP contribution in [0.1, 0.15) is 37.1 Å². The van der Waals surface area contributed by atoms with Gasteiger partial charge in [0.1, 0.15) is 17.7 Å². The molecule has 1 fully saturated rings. The van der Waals surface area contributed by atoms with Gasteiger partial charge in [-0.05, 0) is 24.1 Å². The van der Waals surface area contributed by atoms with Crippen LogP contribution in [0.4, 0.5) is 0 Å². The van der Waals surface area contributed by atoms with Crippen molar-refractivity contribution in [1.29, 1.82) is 0 Å². The third kappa shape index (κ3) is 4.89. The smallest absolute Gasteiger partial charge is 0.325 e. The van der Waals surface area contributed by atoms with Crippen LogP contribution in [-0.4, -0.2) is 42.8 Å². The average Bonchev–Trinajstić information content (AvgIpc) is 2.92. The molecule has 6 heteroatoms. The first-order valence-corrected chi connectivity index (χ1v) is 8.91. The first kappa shape index (κ1) is 17.7. The summed E-state index contributed by atoms with van der Waals surface area (Å²) in [5.41, 5.74) is 0.957. The van der Waals surface area contributed by atoms with E-state index in [-0.39, 0.29) is 23.8 Å². The summed E-state index contributed by atoms with van der Waals surface area (Å²) >= 11 is 1.52. The number of hydrogen-bond acceptors (Lipinski definition) is 5. The largest absolute Gasteiger partial charge is 0.497 e. The van der Waals surface area contributed by atoms with Crippen molar-refractivity contribution in [3.8, 4) is 5.75 Å². The summed E-state index contributed by atoms with van der Waals surface area (Å²) < 4.78 is 10.4. The fourth-order valence-electron chi connectivity index (χ4n) is 2.42. The summed E-state index contributed by atoms with van der Waals surface area (Å²) in [5.74, 6) is 0.744. The molecule has 1 atom stereocenters. The Balaban J connectivity index is 1.97. The van der Waals surface area contributed by atoms with E-state index in [0.29, 0.717) is 12.4 Å². The summed E-state index contributed by atoms with van der Waals surface area (Å²) in [6.07, 6.45) is 2.99. The molecule has 0 spiro atoms. The topological polar surface area (TPSA) is 55.8 Å². The normalized spacial score (nSPS) is 17.4. The molecule has 2 rings (SSSR count). The lowest BCUT2D eigenvalue weighted by Crippen LogP contribution is -2.34. The number of carbonyl (C=O) groups excluding carboxylic acids is 2. The molecule has 0 saturated carbocycles. The van der Waals surface area contributed by atoms with Gasteiger partial charge in [0.05, 0.1) is 19.5 Å². The Hall–Kier alpha value is -1.69. The molecule has 23 heavy (non-hydrogen) atoms. The monoisotopic (exact) mass is 337 g/mol. The molecular formula is C17H23NO4S. The van der Waals surface area contributed by atoms with Gasteiger partial charge in [-0.1, -0.05) is 31.9 Å². The van der Waals surface area contributed by atoms with Crippen molar-refractivity contribution in [3.05, 3.63) is 29.8 Å². The second-order valence-electron chi connectivity index (χ2n) is 5.39. The Bertz CT molecular complexity index is 549. The summed E-state index contributed by atoms with van der Waals surface area (Å²) in [5, 5.41) is -0.166. The van der Waals surface area contributed by atoms with Crippen LogP contribution in [0.3, 0.4) is 0 Å². The molecule has 5 nitrogen and oxygen atoms in total. The first-order chi connectivity index (χ1) is 11.2. The molecule has 0 radical (unpaired) electrons. The quantitative estimate of drug-likeness (QED) is 0.539. The molecular weight excluding hydrogens is 314 g/mol. The second kappa shape index (κ2) is 8.82. The molecule has 0 N–H and O–H groups in total. The van der Waals surface area contributed by atoms with Gasteiger partial charge in [0, 0.05) is 0 Å². The molecule has 1 unspecified atom stereocenters. The number of carbonyl (C=O) groups is 2. The molecule has 0 aromatic heterocycles. The maximum absolute atomic E-state index is 12.1. The van der Waals surface area contributed by atoms with Gasteiger partial charge in [0.15, 0.2) is 0 Å². The lowest BCUT2D eigenvalue weighted by molar-refractivity contribution is -0.148. The third-order valence-corrected chi connectivity index (χ3v) is 4.91. The summed E-state index contributed by atoms with van der Waals surface area (Å²) in [6.45, 7) is 2.52. The maximum Gasteiger partial charge on any atom is 0.325 e. The van der Waals surface area contributed by atoms with Gasteiger partial charge in [-0.3, -0.25) is 9.59 Å². The summed E-state index contributed by atoms with van der Waals surface area (Å²) in [4.78, 5) is 25.6. The third-order valence-electron chi connectivity index (χ3n) is 3.66. The van der Waals surface area contributed by atoms with Gasteiger partial charge in [0.2, 0.25) is 5.91 Å². The molecule has 1 amide bonds. The van der Waals surface area contributed by atoms with Crippen LogP contribution < -0.4 is 4.74 Å². The minimum Gasteiger partial charge on any atom is -0.497 e. The SMILES string of the molecule is CCCCCOC(=O)CN1C(=O)CSC1c1cccc(OC)c1. The standard InChI is InChI=1S/C17H23NO4S/c1-3-4-5-9-22-16(20)11-18-15(19)12-23-17(18)13-7-6-8-14(10-13)21-2/h6-8,10,17H,3-5,9,11-12H2,1-2H3. The minimum atomic E-state index is -0.343. The van der Waals surface area contributed by atoms with Crippen LogP contribution in [0.5, 0.6) is 5.75 Å². The molecule has 126 valence electrons. The van der Waals surface area contributed by atoms with Gasteiger partial charge < -0.3 is 14.4 Å². The molecule has 0 bridgehead atoms. The van der Waals surface area contributed by atoms with Crippen molar-refractivity contribution in [2.75, 3.05) is 26.0 Å². The summed E-state index contributed by atoms with van der Waals surface area (Å²) in [6, 6.07) is 7.59. The van der Waals surface area contributed by atoms with Crippen LogP contribution in [0.2, 0.25) is 0 Å². The van der Waals surface area contributed by atoms with Crippen LogP contribution >= 0.6 is 11.8 Å². The van der Waals surface area contributed by atoms with E-state index < -0.39 is 0 Å². The van der Waals surface area contributed by atoms with Crippen molar-refractivity contribution < 1.29 is 19.1 Å². The van der Waals surface area contributed by atoms with Crippen molar-refractivity contribution in [1.82, 2.24) is 4.90 Å². The zero-order chi connectivity index (χ0) is 16.7. The van der Waals surface area contributed by atoms with Gasteiger partial charge in [-0.15, -0.1) is 11.8 Å². The van der Waals surface area contributed by atoms with Crippen molar-refractivity contribution in [3.63, 3.8) is 0 Å². The highest BCUT2D eigenvalue weighted by Gasteiger charge is 2.34. The molecule has 1 aliphatic heterocycles. The minimum absolute atomic E-state index is 0.000164. The maximum atomic E-state index is 12.1. The fourth-order valence-corrected chi connectivity index (χ4v) is 3.60. The van der Waals surface area contributed by atoms with Gasteiger partial charge in [0.25, 0.3) is 0 Å². The second-order valence-corrected chi connectivity index (χ2v) is 6.46. The zero-order valence-electron chi connectivity index (χ0n) is 13.6. The number of rotatable bonds is 8. The van der Waals surface area contributed by atoms with E-state index in [1.807, 2.05) is 24.3 Å². The van der Waals surface area contributed by atoms with E-state index in [0.717, 1.165) is 30.6 Å². The highest BCUT2D eigenvalue weighted by atomic mass is 32.2. The molecule has 1 heterocycles. The van der Waals surface area contributed by atoms with Crippen LogP contribution in [0, 0.1) is 0 Å². The van der Waals surface area contributed by atoms with Crippen LogP contribution in [0.25, 0.3) is 0 Å². The highest BCUT2D eigenvalue weighted by molar-refractivity contribution is 8.00. The van der Waals surface area contributed by atoms with Gasteiger partial charge in [-0.2, -0.15) is 0 Å². The number of nitrogens with zero attached hydrogens (tertiary/aromatic N) is 1. The van der Waals surface area contributed by atoms with Crippen molar-refractivity contribution >= 4 is 23.6 Å². The number of hydrogen-bond donors (Lipinski definition) is 0. The zero-order valence-corrected chi connectivity index (χ0v) is 14.4. The Kier molecular flexibility index (Phi) is 6.77. The average molecular weight is 337 g/mol. The number of esters is 1. The first-order valence-electron chi connectivity index (χ1n) is 7.86. The predicted octanol–water partition coefficient (Wildman–Crippen LogP) is 3.00. The van der Waals surface area contributed by atoms with Crippen molar-refractivity contribution in [2.24, 2.45) is 0 Å². The molecule has 0 aliphatic carbocycles. The Morgan fingerprint density at radius 1 is 1.39 bits per heavy atom. The van der Waals surface area contributed by atoms with Crippen LogP contribution in [0.15, 0.2) is 24.3 Å². The Morgan fingerprint density at radius 3 is 2.96 bits per heavy atom. The molecule has 1 aliphatic rings. The van der Waals surface area contributed by atoms with Gasteiger partial charge >= 0.3 is 5.97 Å². The molecule has 1 aromatic carbocycles. The Morgan fingerprint density at radius 2 is 2.22 bits per heavy atom. The van der Waals surface area contributed by atoms with E-state index in [9.17, 15) is 9.59 Å². The van der Waals surface area contributed by atoms with E-state index in [1.165, 1.54) is 11.8 Å². The number of amides is 1. The lowest BCUT2D eigenvalue weighted by Gasteiger charge is -2.23. The van der Waals surface area contributed by atoms with E-state index in [2.05, 4.69) is 6.92 Å². The van der Waals surface area contributed by atoms with E-state index >= 15 is 0 Å². The van der Waals surface area contributed by atoms with Crippen LogP contribution in [-0.2, 0) is 14.3 Å². The number of benzene rings is 1. The highest BCUT2D eigenvalue weighted by Crippen LogP contribution is 2.39. The number of thioether (sulfide) groups is 1. The number of methoxy groups -OCH3 is 1. The van der Waals surface area contributed by atoms with Crippen molar-refractivity contribution in [2.45, 2.75) is 31.6 Å². The van der Waals surface area contributed by atoms with E-state index in [1.54, 1.807) is 12.0 Å². The van der Waals surface area contributed by atoms with Gasteiger partial charge in [-0.25, -0.2) is 0 Å². The molecule has 1 saturated heterocycles. The lowest BCUT2D eigenvalue weighted by atomic mass is 10.2. The fraction of sp³-hybridized carbons (Fsp3) is 0.529. The molecule has 1 aromatic rings. The number of unbranched alkanes of at least 4 members (excludes halogenated alkanes) is 2. The summed E-state index contributed by atoms with van der Waals surface area (Å²) in [7, 11) is 1.61.